The van der Waals surface area contributed by atoms with Crippen molar-refractivity contribution in [2.24, 2.45) is 0 Å². The molecule has 0 atom stereocenters. The van der Waals surface area contributed by atoms with Crippen LogP contribution in [0.25, 0.3) is 5.65 Å². The van der Waals surface area contributed by atoms with Crippen LogP contribution in [-0.2, 0) is 11.2 Å². The summed E-state index contributed by atoms with van der Waals surface area (Å²) in [4.78, 5) is 4.58. The van der Waals surface area contributed by atoms with Gasteiger partial charge in [0.15, 0.2) is 0 Å². The van der Waals surface area contributed by atoms with E-state index < -0.39 is 0 Å². The number of imidazole rings is 1. The van der Waals surface area contributed by atoms with Crippen molar-refractivity contribution in [2.45, 2.75) is 32.8 Å². The number of hydrogen-bond acceptors (Lipinski definition) is 3. The maximum absolute atomic E-state index is 6.14. The van der Waals surface area contributed by atoms with E-state index in [1.165, 1.54) is 0 Å². The molecule has 0 saturated heterocycles. The number of pyridine rings is 1. The molecular weight excluding hydrogens is 294 g/mol. The van der Waals surface area contributed by atoms with Crippen LogP contribution in [0.2, 0.25) is 0 Å². The van der Waals surface area contributed by atoms with Gasteiger partial charge in [-0.1, -0.05) is 0 Å². The molecule has 4 nitrogen and oxygen atoms in total. The first-order chi connectivity index (χ1) is 8.34. The minimum atomic E-state index is -0.266. The SMILES string of the molecule is COC(C)(C)Cc1nc2cc(C)c(Br)cn2c1N. The lowest BCUT2D eigenvalue weighted by atomic mass is 10.0. The number of fused-ring (bicyclic) bond motifs is 1. The fourth-order valence-corrected chi connectivity index (χ4v) is 2.15. The molecule has 2 rings (SSSR count). The van der Waals surface area contributed by atoms with Gasteiger partial charge in [0.25, 0.3) is 0 Å². The van der Waals surface area contributed by atoms with Crippen molar-refractivity contribution in [1.82, 2.24) is 9.38 Å². The van der Waals surface area contributed by atoms with Gasteiger partial charge in [-0.3, -0.25) is 4.40 Å². The number of nitrogens with zero attached hydrogens (tertiary/aromatic N) is 2. The normalized spacial score (nSPS) is 12.3. The molecule has 0 saturated carbocycles. The Balaban J connectivity index is 2.51. The molecule has 0 aliphatic carbocycles. The van der Waals surface area contributed by atoms with Crippen LogP contribution >= 0.6 is 15.9 Å². The maximum atomic E-state index is 6.14. The van der Waals surface area contributed by atoms with Crippen LogP contribution < -0.4 is 5.73 Å². The fourth-order valence-electron chi connectivity index (χ4n) is 1.83. The maximum Gasteiger partial charge on any atom is 0.139 e. The van der Waals surface area contributed by atoms with E-state index in [-0.39, 0.29) is 5.60 Å². The van der Waals surface area contributed by atoms with Crippen molar-refractivity contribution in [3.63, 3.8) is 0 Å². The number of aryl methyl sites for hydroxylation is 1. The molecule has 2 aromatic heterocycles. The van der Waals surface area contributed by atoms with Gasteiger partial charge in [0.05, 0.1) is 11.3 Å². The Morgan fingerprint density at radius 3 is 2.78 bits per heavy atom. The topological polar surface area (TPSA) is 52.5 Å². The zero-order valence-electron chi connectivity index (χ0n) is 11.1. The van der Waals surface area contributed by atoms with E-state index in [0.29, 0.717) is 12.2 Å². The van der Waals surface area contributed by atoms with Crippen LogP contribution in [-0.4, -0.2) is 22.1 Å². The Labute approximate surface area is 115 Å². The molecule has 0 bridgehead atoms. The highest BCUT2D eigenvalue weighted by molar-refractivity contribution is 9.10. The van der Waals surface area contributed by atoms with Crippen molar-refractivity contribution in [3.05, 3.63) is 28.0 Å². The summed E-state index contributed by atoms with van der Waals surface area (Å²) in [6.07, 6.45) is 2.64. The Kier molecular flexibility index (Phi) is 3.38. The van der Waals surface area contributed by atoms with E-state index in [0.717, 1.165) is 21.4 Å². The van der Waals surface area contributed by atoms with Crippen molar-refractivity contribution < 1.29 is 4.74 Å². The summed E-state index contributed by atoms with van der Waals surface area (Å²) in [6, 6.07) is 2.02. The summed E-state index contributed by atoms with van der Waals surface area (Å²) in [6.45, 7) is 6.09. The highest BCUT2D eigenvalue weighted by atomic mass is 79.9. The van der Waals surface area contributed by atoms with Crippen molar-refractivity contribution in [3.8, 4) is 0 Å². The predicted octanol–water partition coefficient (Wildman–Crippen LogP) is 2.95. The van der Waals surface area contributed by atoms with Gasteiger partial charge in [-0.2, -0.15) is 0 Å². The van der Waals surface area contributed by atoms with Gasteiger partial charge in [0.1, 0.15) is 11.5 Å². The first-order valence-electron chi connectivity index (χ1n) is 5.82. The van der Waals surface area contributed by atoms with Gasteiger partial charge in [0, 0.05) is 24.2 Å². The molecular formula is C13H18BrN3O. The largest absolute Gasteiger partial charge is 0.383 e. The standard InChI is InChI=1S/C13H18BrN3O/c1-8-5-11-16-10(6-13(2,3)18-4)12(15)17(11)7-9(8)14/h5,7H,6,15H2,1-4H3. The Morgan fingerprint density at radius 2 is 2.17 bits per heavy atom. The van der Waals surface area contributed by atoms with Gasteiger partial charge >= 0.3 is 0 Å². The smallest absolute Gasteiger partial charge is 0.139 e. The van der Waals surface area contributed by atoms with E-state index in [4.69, 9.17) is 10.5 Å². The molecule has 0 spiro atoms. The summed E-state index contributed by atoms with van der Waals surface area (Å²) in [5.74, 6) is 0.677. The third-order valence-corrected chi connectivity index (χ3v) is 3.99. The number of nitrogen functional groups attached to an aromatic ring is 1. The highest BCUT2D eigenvalue weighted by Gasteiger charge is 2.21. The van der Waals surface area contributed by atoms with E-state index in [2.05, 4.69) is 20.9 Å². The summed E-state index contributed by atoms with van der Waals surface area (Å²) in [5.41, 5.74) is 8.77. The minimum absolute atomic E-state index is 0.266. The second-order valence-corrected chi connectivity index (χ2v) is 5.97. The Bertz CT molecular complexity index is 589. The van der Waals surface area contributed by atoms with Crippen LogP contribution in [0.15, 0.2) is 16.7 Å². The lowest BCUT2D eigenvalue weighted by molar-refractivity contribution is 0.0226. The lowest BCUT2D eigenvalue weighted by Gasteiger charge is -2.21. The third-order valence-electron chi connectivity index (χ3n) is 3.16. The zero-order chi connectivity index (χ0) is 13.5. The summed E-state index contributed by atoms with van der Waals surface area (Å²) in [7, 11) is 1.70. The molecule has 0 fully saturated rings. The van der Waals surface area contributed by atoms with Crippen molar-refractivity contribution in [1.29, 1.82) is 0 Å². The predicted molar refractivity (Wildman–Crippen MR) is 76.8 cm³/mol. The van der Waals surface area contributed by atoms with Gasteiger partial charge in [-0.25, -0.2) is 4.98 Å². The molecule has 0 aliphatic rings. The number of anilines is 1. The van der Waals surface area contributed by atoms with E-state index in [1.54, 1.807) is 7.11 Å². The van der Waals surface area contributed by atoms with Gasteiger partial charge in [-0.15, -0.1) is 0 Å². The Morgan fingerprint density at radius 1 is 1.50 bits per heavy atom. The number of aromatic nitrogens is 2. The minimum Gasteiger partial charge on any atom is -0.383 e. The second-order valence-electron chi connectivity index (χ2n) is 5.12. The Hall–Kier alpha value is -1.07. The quantitative estimate of drug-likeness (QED) is 0.948. The van der Waals surface area contributed by atoms with Crippen molar-refractivity contribution in [2.75, 3.05) is 12.8 Å². The molecule has 0 radical (unpaired) electrons. The molecule has 0 amide bonds. The summed E-state index contributed by atoms with van der Waals surface area (Å²) < 4.78 is 8.35. The molecule has 98 valence electrons. The van der Waals surface area contributed by atoms with Gasteiger partial charge in [-0.05, 0) is 48.3 Å². The van der Waals surface area contributed by atoms with Gasteiger partial charge in [0.2, 0.25) is 0 Å². The first kappa shape index (κ1) is 13.4. The molecule has 2 heterocycles. The van der Waals surface area contributed by atoms with Crippen molar-refractivity contribution >= 4 is 27.4 Å². The monoisotopic (exact) mass is 311 g/mol. The second kappa shape index (κ2) is 4.55. The zero-order valence-corrected chi connectivity index (χ0v) is 12.7. The first-order valence-corrected chi connectivity index (χ1v) is 6.61. The molecule has 18 heavy (non-hydrogen) atoms. The van der Waals surface area contributed by atoms with Crippen LogP contribution in [0.3, 0.4) is 0 Å². The number of methoxy groups -OCH3 is 1. The molecule has 2 N–H and O–H groups in total. The van der Waals surface area contributed by atoms with Crippen LogP contribution in [0, 0.1) is 6.92 Å². The lowest BCUT2D eigenvalue weighted by Crippen LogP contribution is -2.26. The molecule has 0 aliphatic heterocycles. The number of nitrogens with two attached hydrogens (primary N) is 1. The van der Waals surface area contributed by atoms with Crippen LogP contribution in [0.4, 0.5) is 5.82 Å². The number of halogens is 1. The van der Waals surface area contributed by atoms with E-state index >= 15 is 0 Å². The van der Waals surface area contributed by atoms with E-state index in [1.807, 2.05) is 37.4 Å². The summed E-state index contributed by atoms with van der Waals surface area (Å²) >= 11 is 3.51. The van der Waals surface area contributed by atoms with Crippen LogP contribution in [0.5, 0.6) is 0 Å². The molecule has 0 aromatic carbocycles. The van der Waals surface area contributed by atoms with E-state index in [9.17, 15) is 0 Å². The molecule has 2 aromatic rings. The number of rotatable bonds is 3. The molecule has 0 unspecified atom stereocenters. The highest BCUT2D eigenvalue weighted by Crippen LogP contribution is 2.25. The number of ether oxygens (including phenoxy) is 1. The summed E-state index contributed by atoms with van der Waals surface area (Å²) in [5, 5.41) is 0. The van der Waals surface area contributed by atoms with Gasteiger partial charge < -0.3 is 10.5 Å². The average molecular weight is 312 g/mol. The average Bonchev–Trinajstić information content (AvgIpc) is 2.57. The third kappa shape index (κ3) is 2.37. The fraction of sp³-hybridized carbons (Fsp3) is 0.462. The molecule has 5 heteroatoms. The number of hydrogen-bond donors (Lipinski definition) is 1. The van der Waals surface area contributed by atoms with Crippen LogP contribution in [0.1, 0.15) is 25.1 Å².